The van der Waals surface area contributed by atoms with E-state index in [1.54, 1.807) is 19.3 Å². The first-order valence-electron chi connectivity index (χ1n) is 4.47. The number of carbonyl (C=O) groups is 1. The zero-order valence-corrected chi connectivity index (χ0v) is 9.86. The van der Waals surface area contributed by atoms with E-state index in [1.165, 1.54) is 4.68 Å². The molecule has 0 saturated carbocycles. The molecule has 1 aromatic rings. The van der Waals surface area contributed by atoms with Crippen molar-refractivity contribution in [3.05, 3.63) is 18.0 Å². The van der Waals surface area contributed by atoms with Gasteiger partial charge in [-0.25, -0.2) is 4.79 Å². The predicted molar refractivity (Wildman–Crippen MR) is 59.9 cm³/mol. The molecule has 0 aliphatic carbocycles. The van der Waals surface area contributed by atoms with E-state index in [4.69, 9.17) is 5.11 Å². The molecule has 1 aromatic heterocycles. The Bertz CT molecular complexity index is 403. The molecule has 1 heterocycles. The zero-order valence-electron chi connectivity index (χ0n) is 8.27. The van der Waals surface area contributed by atoms with Gasteiger partial charge in [-0.15, -0.1) is 0 Å². The summed E-state index contributed by atoms with van der Waals surface area (Å²) in [6, 6.07) is -0.656. The van der Waals surface area contributed by atoms with E-state index >= 15 is 0 Å². The van der Waals surface area contributed by atoms with Gasteiger partial charge in [0.1, 0.15) is 6.04 Å². The van der Waals surface area contributed by atoms with Crippen molar-refractivity contribution < 1.29 is 9.90 Å². The number of carboxylic acid groups (broad SMARTS) is 1. The van der Waals surface area contributed by atoms with Gasteiger partial charge in [-0.2, -0.15) is 5.10 Å². The molecule has 0 spiro atoms. The number of hydrogen-bond donors (Lipinski definition) is 1. The van der Waals surface area contributed by atoms with Crippen LogP contribution in [0.1, 0.15) is 24.9 Å². The molecule has 4 nitrogen and oxygen atoms in total. The highest BCUT2D eigenvalue weighted by molar-refractivity contribution is 9.09. The second kappa shape index (κ2) is 5.56. The van der Waals surface area contributed by atoms with Gasteiger partial charge in [-0.3, -0.25) is 4.68 Å². The Morgan fingerprint density at radius 2 is 2.53 bits per heavy atom. The largest absolute Gasteiger partial charge is 0.480 e. The molecule has 5 heteroatoms. The summed E-state index contributed by atoms with van der Waals surface area (Å²) in [5.74, 6) is 4.93. The molecule has 0 aliphatic rings. The normalized spacial score (nSPS) is 11.6. The van der Waals surface area contributed by atoms with Crippen LogP contribution >= 0.6 is 15.9 Å². The topological polar surface area (TPSA) is 55.1 Å². The first kappa shape index (κ1) is 11.8. The molecule has 0 amide bonds. The van der Waals surface area contributed by atoms with Crippen molar-refractivity contribution >= 4 is 21.9 Å². The molecule has 0 saturated heterocycles. The van der Waals surface area contributed by atoms with Gasteiger partial charge >= 0.3 is 5.97 Å². The van der Waals surface area contributed by atoms with Crippen molar-refractivity contribution in [2.75, 3.05) is 5.33 Å². The van der Waals surface area contributed by atoms with Crippen LogP contribution in [0, 0.1) is 11.8 Å². The SMILES string of the molecule is C[C@@H](C(=O)O)n1cc(C#CCCBr)cn1. The fraction of sp³-hybridized carbons (Fsp3) is 0.400. The summed E-state index contributed by atoms with van der Waals surface area (Å²) < 4.78 is 1.39. The third-order valence-corrected chi connectivity index (χ3v) is 2.20. The lowest BCUT2D eigenvalue weighted by molar-refractivity contribution is -0.140. The van der Waals surface area contributed by atoms with Crippen LogP contribution in [0.3, 0.4) is 0 Å². The highest BCUT2D eigenvalue weighted by Gasteiger charge is 2.13. The maximum Gasteiger partial charge on any atom is 0.328 e. The van der Waals surface area contributed by atoms with Gasteiger partial charge < -0.3 is 5.11 Å². The van der Waals surface area contributed by atoms with Crippen molar-refractivity contribution in [1.82, 2.24) is 9.78 Å². The third kappa shape index (κ3) is 3.40. The highest BCUT2D eigenvalue weighted by Crippen LogP contribution is 2.05. The molecule has 0 aromatic carbocycles. The van der Waals surface area contributed by atoms with Gasteiger partial charge in [-0.1, -0.05) is 27.8 Å². The number of halogens is 1. The zero-order chi connectivity index (χ0) is 11.3. The molecule has 0 aliphatic heterocycles. The summed E-state index contributed by atoms with van der Waals surface area (Å²) in [5, 5.41) is 13.5. The minimum Gasteiger partial charge on any atom is -0.480 e. The van der Waals surface area contributed by atoms with Crippen LogP contribution in [0.4, 0.5) is 0 Å². The molecule has 1 atom stereocenters. The summed E-state index contributed by atoms with van der Waals surface area (Å²) in [6.45, 7) is 1.57. The van der Waals surface area contributed by atoms with Gasteiger partial charge in [0, 0.05) is 17.9 Å². The minimum absolute atomic E-state index is 0.656. The molecule has 1 N–H and O–H groups in total. The fourth-order valence-electron chi connectivity index (χ4n) is 0.939. The first-order valence-corrected chi connectivity index (χ1v) is 5.59. The summed E-state index contributed by atoms with van der Waals surface area (Å²) in [6.07, 6.45) is 3.97. The van der Waals surface area contributed by atoms with E-state index in [0.717, 1.165) is 17.3 Å². The molecular formula is C10H11BrN2O2. The van der Waals surface area contributed by atoms with Crippen molar-refractivity contribution in [3.63, 3.8) is 0 Å². The number of rotatable bonds is 3. The lowest BCUT2D eigenvalue weighted by Gasteiger charge is -2.04. The number of carboxylic acids is 1. The molecule has 15 heavy (non-hydrogen) atoms. The molecule has 80 valence electrons. The van der Waals surface area contributed by atoms with Crippen LogP contribution in [-0.4, -0.2) is 26.2 Å². The van der Waals surface area contributed by atoms with Crippen LogP contribution in [0.25, 0.3) is 0 Å². The molecule has 0 unspecified atom stereocenters. The smallest absolute Gasteiger partial charge is 0.328 e. The van der Waals surface area contributed by atoms with Gasteiger partial charge in [0.15, 0.2) is 0 Å². The lowest BCUT2D eigenvalue weighted by Crippen LogP contribution is -2.15. The summed E-state index contributed by atoms with van der Waals surface area (Å²) in [4.78, 5) is 10.7. The quantitative estimate of drug-likeness (QED) is 0.672. The fourth-order valence-corrected chi connectivity index (χ4v) is 1.14. The van der Waals surface area contributed by atoms with Crippen molar-refractivity contribution in [2.45, 2.75) is 19.4 Å². The maximum atomic E-state index is 10.7. The van der Waals surface area contributed by atoms with Crippen LogP contribution in [0.15, 0.2) is 12.4 Å². The minimum atomic E-state index is -0.905. The Kier molecular flexibility index (Phi) is 4.37. The molecule has 1 rings (SSSR count). The van der Waals surface area contributed by atoms with E-state index in [0.29, 0.717) is 0 Å². The van der Waals surface area contributed by atoms with E-state index in [-0.39, 0.29) is 0 Å². The summed E-state index contributed by atoms with van der Waals surface area (Å²) in [7, 11) is 0. The second-order valence-corrected chi connectivity index (χ2v) is 3.76. The Labute approximate surface area is 96.4 Å². The number of aliphatic carboxylic acids is 1. The van der Waals surface area contributed by atoms with Crippen molar-refractivity contribution in [2.24, 2.45) is 0 Å². The predicted octanol–water partition coefficient (Wildman–Crippen LogP) is 1.67. The van der Waals surface area contributed by atoms with Gasteiger partial charge in [0.05, 0.1) is 11.8 Å². The van der Waals surface area contributed by atoms with E-state index < -0.39 is 12.0 Å². The Morgan fingerprint density at radius 1 is 1.80 bits per heavy atom. The van der Waals surface area contributed by atoms with E-state index in [2.05, 4.69) is 32.9 Å². The Hall–Kier alpha value is -1.28. The summed E-state index contributed by atoms with van der Waals surface area (Å²) >= 11 is 3.27. The third-order valence-electron chi connectivity index (χ3n) is 1.81. The van der Waals surface area contributed by atoms with Gasteiger partial charge in [0.25, 0.3) is 0 Å². The highest BCUT2D eigenvalue weighted by atomic mass is 79.9. The molecule has 0 bridgehead atoms. The van der Waals surface area contributed by atoms with Crippen molar-refractivity contribution in [1.29, 1.82) is 0 Å². The standard InChI is InChI=1S/C10H11BrN2O2/c1-8(10(14)15)13-7-9(6-12-13)4-2-3-5-11/h6-8H,3,5H2,1H3,(H,14,15)/t8-/m0/s1. The number of nitrogens with zero attached hydrogens (tertiary/aromatic N) is 2. The van der Waals surface area contributed by atoms with Crippen LogP contribution in [0.5, 0.6) is 0 Å². The van der Waals surface area contributed by atoms with Gasteiger partial charge in [-0.05, 0) is 6.92 Å². The number of aromatic nitrogens is 2. The number of hydrogen-bond acceptors (Lipinski definition) is 2. The Balaban J connectivity index is 2.73. The molecular weight excluding hydrogens is 260 g/mol. The molecule has 0 radical (unpaired) electrons. The Morgan fingerprint density at radius 3 is 3.13 bits per heavy atom. The number of alkyl halides is 1. The van der Waals surface area contributed by atoms with Crippen LogP contribution in [-0.2, 0) is 4.79 Å². The van der Waals surface area contributed by atoms with E-state index in [1.807, 2.05) is 0 Å². The lowest BCUT2D eigenvalue weighted by atomic mass is 10.3. The van der Waals surface area contributed by atoms with Crippen molar-refractivity contribution in [3.8, 4) is 11.8 Å². The monoisotopic (exact) mass is 270 g/mol. The second-order valence-electron chi connectivity index (χ2n) is 2.96. The average molecular weight is 271 g/mol. The average Bonchev–Trinajstić information content (AvgIpc) is 2.65. The van der Waals surface area contributed by atoms with Crippen LogP contribution in [0.2, 0.25) is 0 Å². The van der Waals surface area contributed by atoms with Gasteiger partial charge in [0.2, 0.25) is 0 Å². The van der Waals surface area contributed by atoms with Crippen LogP contribution < -0.4 is 0 Å². The summed E-state index contributed by atoms with van der Waals surface area (Å²) in [5.41, 5.74) is 0.740. The van der Waals surface area contributed by atoms with E-state index in [9.17, 15) is 4.79 Å². The first-order chi connectivity index (χ1) is 7.15. The molecule has 0 fully saturated rings. The maximum absolute atomic E-state index is 10.7.